The molecule has 1 saturated carbocycles. The average molecular weight is 1810 g/mol. The van der Waals surface area contributed by atoms with Crippen LogP contribution in [-0.4, -0.2) is 149 Å². The van der Waals surface area contributed by atoms with E-state index in [1.165, 1.54) is 25.9 Å². The zero-order valence-corrected chi connectivity index (χ0v) is 71.2. The topological polar surface area (TPSA) is 368 Å². The molecule has 0 aromatic rings. The van der Waals surface area contributed by atoms with Crippen LogP contribution in [0, 0.1) is 320 Å². The van der Waals surface area contributed by atoms with Gasteiger partial charge in [-0.2, -0.15) is 0 Å². The maximum absolute atomic E-state index is 14.4. The minimum Gasteiger partial charge on any atom is -0.462 e. The molecule has 0 aromatic carbocycles. The summed E-state index contributed by atoms with van der Waals surface area (Å²) in [5.74, 6) is 108. The van der Waals surface area contributed by atoms with Gasteiger partial charge in [0.25, 0.3) is 11.7 Å². The summed E-state index contributed by atoms with van der Waals surface area (Å²) in [4.78, 5) is 78.4. The number of carbonyl (C=O) groups excluding carboxylic acids is 5. The van der Waals surface area contributed by atoms with Crippen LogP contribution in [-0.2, 0) is 113 Å². The maximum atomic E-state index is 14.4. The fraction of sp³-hybridized carbons (Fsp3) is 0.398. The first kappa shape index (κ1) is 110. The van der Waals surface area contributed by atoms with Crippen molar-refractivity contribution >= 4 is 29.4 Å². The number of rotatable bonds is 22. The zero-order chi connectivity index (χ0) is 93.9. The summed E-state index contributed by atoms with van der Waals surface area (Å²) in [7, 11) is 4.56. The van der Waals surface area contributed by atoms with E-state index >= 15 is 0 Å². The number of ether oxygens (including phenoxy) is 6. The number of esters is 2. The molecule has 2 bridgehead atoms. The highest BCUT2D eigenvalue weighted by atomic mass is 17.9. The third-order valence-corrected chi connectivity index (χ3v) is 17.0. The number of nitrogens with one attached hydrogen (secondary N) is 1. The molecule has 3 fully saturated rings. The lowest BCUT2D eigenvalue weighted by Gasteiger charge is -2.47. The van der Waals surface area contributed by atoms with E-state index in [0.29, 0.717) is 50.5 Å². The molecule has 6 N–H and O–H groups in total. The highest BCUT2D eigenvalue weighted by Crippen LogP contribution is 2.40. The van der Waals surface area contributed by atoms with Crippen molar-refractivity contribution in [3.63, 3.8) is 0 Å². The lowest BCUT2D eigenvalue weighted by molar-refractivity contribution is -0.816. The predicted molar refractivity (Wildman–Crippen MR) is 528 cm³/mol. The third kappa shape index (κ3) is 49.7. The summed E-state index contributed by atoms with van der Waals surface area (Å²) in [6, 6.07) is -1.18. The Balaban J connectivity index is -0.0000000462. The fourth-order valence-electron chi connectivity index (χ4n) is 11.4. The first-order valence-electron chi connectivity index (χ1n) is 38.1. The number of methoxy groups -OCH3 is 3. The van der Waals surface area contributed by atoms with Gasteiger partial charge in [-0.1, -0.05) is 74.3 Å². The van der Waals surface area contributed by atoms with Gasteiger partial charge in [-0.15, -0.1) is 6.42 Å². The van der Waals surface area contributed by atoms with E-state index in [9.17, 15) is 39.3 Å². The Hall–Kier alpha value is -14.5. The molecular weight excluding hydrogens is 1650 g/mol. The molecule has 4 aliphatic rings. The SMILES string of the molecule is C#CC#CC#CC#CC#CC#CC#CC#CC#CC#CC#CC#CC#CC#CC#CC#CC#CC#CC#CC#CC#CC#CC#CC#CC.CO[C@H]1C[C@@H](C)C/C(C)=C/[C@@H](C/C=C/C(=O)OCC(C)C)C(=O)C[C@H](O)[C@@H](C)[C@@H](/C(C)=C/[C@@H]2CC[C@@H](O)[C@H](OC)C2)OC(=O)[C@@H]2CCCCN2C(=O)C(=O)[C@]2(O)O[C@H]1[C@@H](OC)C[C@H]2C.OOOOOOONOOOOOOO.[HH].[HH].[HH].[HH].[HH].[HH].[HH].[HH].[HH].[HH].[HH].[HH].[HH].[HH].[HH].[HH].[HH].[HH].[HH].[HH].[HH].[HH].[HH].[HH].[HH].[HH].[HH].[HH].[HH].[HH].[HH].[HH].[HH].[HH].[HH].[HH]. The average Bonchev–Trinajstić information content (AvgIpc) is 0.767. The van der Waals surface area contributed by atoms with Crippen molar-refractivity contribution in [3.8, 4) is 285 Å². The van der Waals surface area contributed by atoms with Gasteiger partial charge >= 0.3 is 11.9 Å². The molecule has 0 aromatic heterocycles. The van der Waals surface area contributed by atoms with Gasteiger partial charge in [0.15, 0.2) is 0 Å². The van der Waals surface area contributed by atoms with Gasteiger partial charge in [0.05, 0.1) is 37.1 Å². The molecule has 128 heavy (non-hydrogen) atoms. The van der Waals surface area contributed by atoms with Gasteiger partial charge in [0, 0.05) is 287 Å². The van der Waals surface area contributed by atoms with Crippen LogP contribution in [0.3, 0.4) is 0 Å². The largest absolute Gasteiger partial charge is 0.462 e. The second kappa shape index (κ2) is 70.9. The quantitative estimate of drug-likeness (QED) is 0.00857. The van der Waals surface area contributed by atoms with Crippen molar-refractivity contribution < 1.29 is 190 Å². The number of aliphatic hydroxyl groups is 3. The fourth-order valence-corrected chi connectivity index (χ4v) is 11.4. The van der Waals surface area contributed by atoms with Crippen LogP contribution in [0.25, 0.3) is 0 Å². The number of hydrogen-bond acceptors (Lipinski definition) is 29. The van der Waals surface area contributed by atoms with Crippen LogP contribution in [0.2, 0.25) is 0 Å². The number of fused-ring (bicyclic) bond motifs is 3. The highest BCUT2D eigenvalue weighted by molar-refractivity contribution is 6.39. The molecule has 1 amide bonds. The molecule has 3 heterocycles. The van der Waals surface area contributed by atoms with Crippen molar-refractivity contribution in [2.24, 2.45) is 35.5 Å². The van der Waals surface area contributed by atoms with E-state index in [-0.39, 0.29) is 114 Å². The zero-order valence-electron chi connectivity index (χ0n) is 71.2. The van der Waals surface area contributed by atoms with E-state index in [4.69, 9.17) is 45.4 Å². The molecule has 30 nitrogen and oxygen atoms in total. The van der Waals surface area contributed by atoms with Crippen LogP contribution in [0.15, 0.2) is 35.5 Å². The Kier molecular flexibility index (Phi) is 60.7. The summed E-state index contributed by atoms with van der Waals surface area (Å²) in [5, 5.41) is 82.3. The second-order valence-electron chi connectivity index (χ2n) is 26.4. The molecular formula is C98H156N2O28. The third-order valence-electron chi connectivity index (χ3n) is 17.0. The van der Waals surface area contributed by atoms with Crippen molar-refractivity contribution in [1.29, 1.82) is 0 Å². The van der Waals surface area contributed by atoms with E-state index in [2.05, 4.69) is 339 Å². The minimum absolute atomic E-state index is 0. The Labute approximate surface area is 799 Å². The number of terminal acetylenes is 1. The van der Waals surface area contributed by atoms with Crippen LogP contribution in [0.4, 0.5) is 0 Å². The normalized spacial score (nSPS) is 21.8. The summed E-state index contributed by atoms with van der Waals surface area (Å²) in [6.45, 7) is 14.9. The monoisotopic (exact) mass is 1810 g/mol. The molecule has 0 unspecified atom stereocenters. The molecule has 14 atom stereocenters. The van der Waals surface area contributed by atoms with Gasteiger partial charge < -0.3 is 48.6 Å². The van der Waals surface area contributed by atoms with Gasteiger partial charge in [-0.05, 0) is 259 Å². The van der Waals surface area contributed by atoms with E-state index < -0.39 is 95.9 Å². The summed E-state index contributed by atoms with van der Waals surface area (Å²) >= 11 is 0. The number of amides is 1. The van der Waals surface area contributed by atoms with Gasteiger partial charge in [-0.25, -0.2) is 20.1 Å². The molecule has 726 valence electrons. The Morgan fingerprint density at radius 3 is 1.41 bits per heavy atom. The number of Topliss-reactive ketones (excluding diaryl/α,β-unsaturated/α-hetero) is 2. The summed E-state index contributed by atoms with van der Waals surface area (Å²) in [6.07, 6.45) is 10.0. The van der Waals surface area contributed by atoms with E-state index in [1.54, 1.807) is 40.9 Å². The molecule has 4 rings (SSSR count). The number of allylic oxidation sites excluding steroid dienone is 4. The number of ketones is 2. The van der Waals surface area contributed by atoms with Crippen molar-refractivity contribution in [2.75, 3.05) is 34.5 Å². The number of nitrogens with zero attached hydrogens (tertiary/aromatic N) is 1. The van der Waals surface area contributed by atoms with Crippen LogP contribution < -0.4 is 5.64 Å². The lowest BCUT2D eigenvalue weighted by atomic mass is 9.81. The first-order chi connectivity index (χ1) is 62.1. The highest BCUT2D eigenvalue weighted by Gasteiger charge is 2.57. The van der Waals surface area contributed by atoms with Crippen molar-refractivity contribution in [3.05, 3.63) is 35.5 Å². The molecule has 0 radical (unpaired) electrons. The number of aliphatic hydroxyl groups excluding tert-OH is 2. The van der Waals surface area contributed by atoms with Crippen LogP contribution >= 0.6 is 0 Å². The van der Waals surface area contributed by atoms with E-state index in [0.717, 1.165) is 10.5 Å². The van der Waals surface area contributed by atoms with Crippen molar-refractivity contribution in [1.82, 2.24) is 10.5 Å². The Bertz CT molecular complexity index is 5700. The maximum Gasteiger partial charge on any atom is 0.330 e. The number of piperidine rings is 1. The smallest absolute Gasteiger partial charge is 0.330 e. The van der Waals surface area contributed by atoms with E-state index in [1.807, 2.05) is 39.8 Å². The summed E-state index contributed by atoms with van der Waals surface area (Å²) < 4.78 is 35.2. The van der Waals surface area contributed by atoms with Gasteiger partial charge in [0.1, 0.15) is 24.0 Å². The first-order valence-corrected chi connectivity index (χ1v) is 38.1. The predicted octanol–water partition coefficient (Wildman–Crippen LogP) is 13.5. The van der Waals surface area contributed by atoms with Crippen LogP contribution in [0.5, 0.6) is 0 Å². The standard InChI is InChI=1S/C49H77NO14.C49H4.H3NO14.36H2/c1-28(2)27-62-43(54)16-13-14-35-21-29(3)20-30(4)22-41(60-9)45-42(61-10)24-32(6)49(58,64-45)46(55)47(56)50-19-12-11-15-36(50)48(57)63-44(33(7)38(52)26-39(35)53)31(5)23-34-17-18-37(51)40(25-34)59-8;1-3-5-7-9-11-13-15-17-19-21-23-25-27-29-31-33-35-37-39-41-43-45-47-49-48-46-44-42-40-38-36-34-32-30-28-26-24-22-20-18-16-14-12-10-8-6-4-2;2-6-10-14-12-8-4-1-5-9-13-15-11-7-3;;;;;;;;;;;;;;;;;;;;;;;;;;;;;;;;;;;;/h13,16,21,23,28,30,32-38,40-42,44-45,51-52,58H,11-12,14-15,17-20,22,24-27H2,1-10H3;1H,2H3;1-3H;36*1H/b16-13+,29-21+,31-23+;;;;;;;;;;;;;;;;;;;;;;;;;;;;;;;;;;;;;;/t30-,32+,33+,34-,35+,36-,37+,38-,40+,41-,42-,44+,45+,49+;;;;;;;;;;;;;;;;;;;;;;;;;;;;;;;;;;;;;;/m0....................................../s1. The minimum atomic E-state index is -2.55. The van der Waals surface area contributed by atoms with Crippen molar-refractivity contribution in [2.45, 2.75) is 181 Å². The lowest BCUT2D eigenvalue weighted by Crippen LogP contribution is -2.64. The number of cyclic esters (lactones) is 1. The Morgan fingerprint density at radius 2 is 0.992 bits per heavy atom. The van der Waals surface area contributed by atoms with Gasteiger partial charge in [0.2, 0.25) is 5.79 Å². The summed E-state index contributed by atoms with van der Waals surface area (Å²) in [5.41, 5.74) is 2.85. The number of hydrogen-bond donors (Lipinski definition) is 6. The van der Waals surface area contributed by atoms with Gasteiger partial charge in [-0.3, -0.25) is 14.4 Å². The van der Waals surface area contributed by atoms with Crippen LogP contribution in [0.1, 0.15) is 177 Å². The molecule has 2 saturated heterocycles. The molecule has 3 aliphatic heterocycles. The number of carbonyl (C=O) groups is 5. The second-order valence-corrected chi connectivity index (χ2v) is 26.4. The Morgan fingerprint density at radius 1 is 0.570 bits per heavy atom. The molecule has 30 heteroatoms. The molecule has 1 aliphatic carbocycles. The molecule has 0 spiro atoms.